The molecule has 1 aromatic carbocycles. The van der Waals surface area contributed by atoms with E-state index in [1.165, 1.54) is 23.1 Å². The molecule has 1 aromatic rings. The zero-order valence-electron chi connectivity index (χ0n) is 14.2. The molecule has 0 aliphatic carbocycles. The van der Waals surface area contributed by atoms with Crippen LogP contribution in [-0.4, -0.2) is 11.7 Å². The average molecular weight is 288 g/mol. The number of benzene rings is 1. The molecule has 1 fully saturated rings. The predicted molar refractivity (Wildman–Crippen MR) is 86.0 cm³/mol. The maximum Gasteiger partial charge on any atom is 0.129 e. The largest absolute Gasteiger partial charge is 0.487 e. The third-order valence-corrected chi connectivity index (χ3v) is 5.24. The molecule has 21 heavy (non-hydrogen) atoms. The van der Waals surface area contributed by atoms with Crippen molar-refractivity contribution < 1.29 is 9.47 Å². The van der Waals surface area contributed by atoms with Crippen LogP contribution in [0.1, 0.15) is 76.2 Å². The van der Waals surface area contributed by atoms with Crippen LogP contribution < -0.4 is 4.74 Å². The number of fused-ring (bicyclic) bond motifs is 3. The van der Waals surface area contributed by atoms with Crippen LogP contribution in [0.5, 0.6) is 5.75 Å². The van der Waals surface area contributed by atoms with E-state index >= 15 is 0 Å². The van der Waals surface area contributed by atoms with Gasteiger partial charge in [0.15, 0.2) is 0 Å². The highest BCUT2D eigenvalue weighted by Gasteiger charge is 2.48. The van der Waals surface area contributed by atoms with E-state index in [1.54, 1.807) is 0 Å². The second-order valence-corrected chi connectivity index (χ2v) is 7.63. The van der Waals surface area contributed by atoms with Gasteiger partial charge in [0.1, 0.15) is 11.4 Å². The van der Waals surface area contributed by atoms with Crippen LogP contribution in [0.3, 0.4) is 0 Å². The normalized spacial score (nSPS) is 30.5. The molecule has 0 spiro atoms. The van der Waals surface area contributed by atoms with Gasteiger partial charge in [-0.15, -0.1) is 0 Å². The standard InChI is InChI=1S/C19H28O2/c1-11(2)14-9-7-12(3)16-17(14)21-19(5,6)15-10-8-13(4)20-18(15)16/h7,9,11,13,15,18H,8,10H2,1-6H3/t13-,15-,18-/m0/s1. The van der Waals surface area contributed by atoms with E-state index in [0.717, 1.165) is 12.2 Å². The first-order valence-corrected chi connectivity index (χ1v) is 8.29. The molecule has 0 amide bonds. The van der Waals surface area contributed by atoms with Gasteiger partial charge in [0.05, 0.1) is 12.2 Å². The lowest BCUT2D eigenvalue weighted by Crippen LogP contribution is -2.48. The Balaban J connectivity index is 2.17. The highest BCUT2D eigenvalue weighted by atomic mass is 16.5. The molecular formula is C19H28O2. The van der Waals surface area contributed by atoms with Crippen LogP contribution in [0.2, 0.25) is 0 Å². The van der Waals surface area contributed by atoms with Gasteiger partial charge in [-0.3, -0.25) is 0 Å². The number of hydrogen-bond acceptors (Lipinski definition) is 2. The third-order valence-electron chi connectivity index (χ3n) is 5.24. The molecule has 2 heterocycles. The topological polar surface area (TPSA) is 18.5 Å². The summed E-state index contributed by atoms with van der Waals surface area (Å²) >= 11 is 0. The fourth-order valence-electron chi connectivity index (χ4n) is 3.94. The Hall–Kier alpha value is -1.02. The monoisotopic (exact) mass is 288 g/mol. The quantitative estimate of drug-likeness (QED) is 0.712. The number of hydrogen-bond donors (Lipinski definition) is 0. The van der Waals surface area contributed by atoms with E-state index in [1.807, 2.05) is 0 Å². The number of ether oxygens (including phenoxy) is 2. The summed E-state index contributed by atoms with van der Waals surface area (Å²) in [5.41, 5.74) is 3.75. The Morgan fingerprint density at radius 2 is 1.90 bits per heavy atom. The van der Waals surface area contributed by atoms with Crippen LogP contribution in [0.25, 0.3) is 0 Å². The second kappa shape index (κ2) is 5.01. The van der Waals surface area contributed by atoms with E-state index in [4.69, 9.17) is 9.47 Å². The molecule has 0 aromatic heterocycles. The molecule has 0 radical (unpaired) electrons. The molecule has 2 heteroatoms. The number of aryl methyl sites for hydroxylation is 1. The minimum Gasteiger partial charge on any atom is -0.487 e. The Kier molecular flexibility index (Phi) is 3.56. The summed E-state index contributed by atoms with van der Waals surface area (Å²) in [7, 11) is 0. The average Bonchev–Trinajstić information content (AvgIpc) is 2.37. The van der Waals surface area contributed by atoms with Crippen molar-refractivity contribution in [3.8, 4) is 5.75 Å². The van der Waals surface area contributed by atoms with Gasteiger partial charge in [-0.2, -0.15) is 0 Å². The molecule has 116 valence electrons. The highest BCUT2D eigenvalue weighted by molar-refractivity contribution is 5.51. The smallest absolute Gasteiger partial charge is 0.129 e. The van der Waals surface area contributed by atoms with Crippen molar-refractivity contribution >= 4 is 0 Å². The summed E-state index contributed by atoms with van der Waals surface area (Å²) in [6.07, 6.45) is 2.84. The summed E-state index contributed by atoms with van der Waals surface area (Å²) in [6.45, 7) is 13.3. The summed E-state index contributed by atoms with van der Waals surface area (Å²) in [4.78, 5) is 0. The van der Waals surface area contributed by atoms with Crippen LogP contribution in [0.15, 0.2) is 12.1 Å². The molecule has 3 rings (SSSR count). The number of rotatable bonds is 1. The van der Waals surface area contributed by atoms with Crippen LogP contribution in [-0.2, 0) is 4.74 Å². The van der Waals surface area contributed by atoms with E-state index in [0.29, 0.717) is 17.9 Å². The van der Waals surface area contributed by atoms with Crippen LogP contribution in [0, 0.1) is 12.8 Å². The van der Waals surface area contributed by atoms with Crippen LogP contribution in [0.4, 0.5) is 0 Å². The molecule has 0 N–H and O–H groups in total. The molecule has 0 unspecified atom stereocenters. The van der Waals surface area contributed by atoms with E-state index < -0.39 is 0 Å². The van der Waals surface area contributed by atoms with E-state index in [-0.39, 0.29) is 11.7 Å². The van der Waals surface area contributed by atoms with Crippen molar-refractivity contribution in [1.29, 1.82) is 0 Å². The summed E-state index contributed by atoms with van der Waals surface area (Å²) in [6, 6.07) is 4.46. The lowest BCUT2D eigenvalue weighted by atomic mass is 9.73. The van der Waals surface area contributed by atoms with Crippen molar-refractivity contribution in [3.05, 3.63) is 28.8 Å². The second-order valence-electron chi connectivity index (χ2n) is 7.63. The molecule has 1 saturated heterocycles. The first kappa shape index (κ1) is 14.9. The Morgan fingerprint density at radius 1 is 1.19 bits per heavy atom. The predicted octanol–water partition coefficient (Wildman–Crippen LogP) is 5.15. The summed E-state index contributed by atoms with van der Waals surface area (Å²) < 4.78 is 12.9. The van der Waals surface area contributed by atoms with Crippen molar-refractivity contribution in [2.75, 3.05) is 0 Å². The van der Waals surface area contributed by atoms with Gasteiger partial charge in [0, 0.05) is 11.5 Å². The Labute approximate surface area is 128 Å². The molecule has 2 aliphatic rings. The third kappa shape index (κ3) is 2.38. The molecule has 2 aliphatic heterocycles. The minimum atomic E-state index is -0.157. The van der Waals surface area contributed by atoms with Gasteiger partial charge >= 0.3 is 0 Å². The maximum absolute atomic E-state index is 6.52. The van der Waals surface area contributed by atoms with Crippen molar-refractivity contribution in [2.45, 2.75) is 78.1 Å². The highest BCUT2D eigenvalue weighted by Crippen LogP contribution is 2.53. The van der Waals surface area contributed by atoms with Gasteiger partial charge in [0.25, 0.3) is 0 Å². The van der Waals surface area contributed by atoms with Gasteiger partial charge in [0.2, 0.25) is 0 Å². The van der Waals surface area contributed by atoms with E-state index in [9.17, 15) is 0 Å². The molecule has 0 saturated carbocycles. The summed E-state index contributed by atoms with van der Waals surface area (Å²) in [5, 5.41) is 0. The van der Waals surface area contributed by atoms with Gasteiger partial charge in [-0.05, 0) is 57.6 Å². The van der Waals surface area contributed by atoms with Gasteiger partial charge in [-0.1, -0.05) is 26.0 Å². The first-order valence-electron chi connectivity index (χ1n) is 8.29. The zero-order chi connectivity index (χ0) is 15.4. The van der Waals surface area contributed by atoms with Gasteiger partial charge < -0.3 is 9.47 Å². The Bertz CT molecular complexity index is 545. The van der Waals surface area contributed by atoms with Crippen molar-refractivity contribution in [2.24, 2.45) is 5.92 Å². The molecular weight excluding hydrogens is 260 g/mol. The van der Waals surface area contributed by atoms with Gasteiger partial charge in [-0.25, -0.2) is 0 Å². The summed E-state index contributed by atoms with van der Waals surface area (Å²) in [5.74, 6) is 2.00. The molecule has 2 nitrogen and oxygen atoms in total. The molecule has 0 bridgehead atoms. The SMILES string of the molecule is Cc1ccc(C(C)C)c2c1[C@H]1O[C@@H](C)CC[C@@H]1C(C)(C)O2. The van der Waals surface area contributed by atoms with E-state index in [2.05, 4.69) is 53.7 Å². The fourth-order valence-corrected chi connectivity index (χ4v) is 3.94. The minimum absolute atomic E-state index is 0.157. The maximum atomic E-state index is 6.52. The van der Waals surface area contributed by atoms with Crippen molar-refractivity contribution in [1.82, 2.24) is 0 Å². The Morgan fingerprint density at radius 3 is 2.57 bits per heavy atom. The molecule has 3 atom stereocenters. The lowest BCUT2D eigenvalue weighted by Gasteiger charge is -2.49. The van der Waals surface area contributed by atoms with Crippen molar-refractivity contribution in [3.63, 3.8) is 0 Å². The lowest BCUT2D eigenvalue weighted by molar-refractivity contribution is -0.145. The first-order chi connectivity index (χ1) is 9.81. The van der Waals surface area contributed by atoms with Crippen LogP contribution >= 0.6 is 0 Å². The zero-order valence-corrected chi connectivity index (χ0v) is 14.2. The fraction of sp³-hybridized carbons (Fsp3) is 0.684.